The van der Waals surface area contributed by atoms with Gasteiger partial charge in [-0.1, -0.05) is 53.5 Å². The molecule has 0 saturated heterocycles. The van der Waals surface area contributed by atoms with Crippen molar-refractivity contribution in [1.82, 2.24) is 0 Å². The molecule has 2 aromatic rings. The molecule has 5 heteroatoms. The quantitative estimate of drug-likeness (QED) is 0.748. The van der Waals surface area contributed by atoms with Gasteiger partial charge < -0.3 is 4.90 Å². The van der Waals surface area contributed by atoms with Gasteiger partial charge >= 0.3 is 0 Å². The van der Waals surface area contributed by atoms with Crippen molar-refractivity contribution in [1.29, 1.82) is 10.5 Å². The lowest BCUT2D eigenvalue weighted by Crippen LogP contribution is -2.16. The lowest BCUT2D eigenvalue weighted by molar-refractivity contribution is 0.964. The summed E-state index contributed by atoms with van der Waals surface area (Å²) in [6.07, 6.45) is 1.50. The van der Waals surface area contributed by atoms with Crippen LogP contribution in [0.15, 0.2) is 60.3 Å². The van der Waals surface area contributed by atoms with E-state index in [4.69, 9.17) is 33.7 Å². The Labute approximate surface area is 139 Å². The first-order chi connectivity index (χ1) is 10.6. The number of nitrogens with zero attached hydrogens (tertiary/aromatic N) is 3. The minimum absolute atomic E-state index is 0.00651. The molecule has 0 amide bonds. The third-order valence-electron chi connectivity index (χ3n) is 2.90. The zero-order chi connectivity index (χ0) is 15.9. The number of benzene rings is 2. The van der Waals surface area contributed by atoms with Crippen LogP contribution in [0.25, 0.3) is 0 Å². The van der Waals surface area contributed by atoms with Crippen LogP contribution in [0.5, 0.6) is 0 Å². The number of allylic oxidation sites excluding steroid dienone is 1. The lowest BCUT2D eigenvalue weighted by Gasteiger charge is -2.21. The van der Waals surface area contributed by atoms with E-state index in [1.807, 2.05) is 42.5 Å². The van der Waals surface area contributed by atoms with Crippen LogP contribution >= 0.6 is 23.2 Å². The van der Waals surface area contributed by atoms with E-state index < -0.39 is 0 Å². The monoisotopic (exact) mass is 327 g/mol. The van der Waals surface area contributed by atoms with Crippen molar-refractivity contribution < 1.29 is 0 Å². The molecule has 0 spiro atoms. The molecule has 0 aliphatic rings. The Kier molecular flexibility index (Phi) is 5.44. The molecule has 0 aromatic heterocycles. The maximum absolute atomic E-state index is 8.98. The van der Waals surface area contributed by atoms with E-state index >= 15 is 0 Å². The largest absolute Gasteiger partial charge is 0.341 e. The highest BCUT2D eigenvalue weighted by Crippen LogP contribution is 2.27. The molecule has 0 radical (unpaired) electrons. The topological polar surface area (TPSA) is 50.8 Å². The van der Waals surface area contributed by atoms with Gasteiger partial charge in [-0.05, 0) is 23.8 Å². The molecule has 108 valence electrons. The molecule has 2 aromatic carbocycles. The summed E-state index contributed by atoms with van der Waals surface area (Å²) < 4.78 is 0. The number of nitriles is 2. The number of halogens is 2. The first-order valence-electron chi connectivity index (χ1n) is 6.41. The third kappa shape index (κ3) is 4.27. The highest BCUT2D eigenvalue weighted by Gasteiger charge is 2.09. The zero-order valence-corrected chi connectivity index (χ0v) is 13.0. The van der Waals surface area contributed by atoms with E-state index in [9.17, 15) is 0 Å². The molecule has 0 atom stereocenters. The molecule has 0 aliphatic carbocycles. The molecule has 0 fully saturated rings. The summed E-state index contributed by atoms with van der Waals surface area (Å²) in [5.74, 6) is 0. The van der Waals surface area contributed by atoms with E-state index in [0.717, 1.165) is 5.56 Å². The van der Waals surface area contributed by atoms with Gasteiger partial charge in [-0.3, -0.25) is 0 Å². The van der Waals surface area contributed by atoms with E-state index in [1.165, 1.54) is 6.20 Å². The van der Waals surface area contributed by atoms with E-state index in [2.05, 4.69) is 0 Å². The minimum Gasteiger partial charge on any atom is -0.341 e. The number of hydrogen-bond acceptors (Lipinski definition) is 3. The number of anilines is 1. The predicted octanol–water partition coefficient (Wildman–Crippen LogP) is 4.93. The van der Waals surface area contributed by atoms with Crippen LogP contribution in [0.3, 0.4) is 0 Å². The first-order valence-corrected chi connectivity index (χ1v) is 7.16. The summed E-state index contributed by atoms with van der Waals surface area (Å²) in [7, 11) is 0. The lowest BCUT2D eigenvalue weighted by atomic mass is 10.2. The van der Waals surface area contributed by atoms with Crippen molar-refractivity contribution >= 4 is 28.9 Å². The molecule has 0 N–H and O–H groups in total. The van der Waals surface area contributed by atoms with Gasteiger partial charge in [0.2, 0.25) is 0 Å². The molecular weight excluding hydrogens is 317 g/mol. The molecule has 3 nitrogen and oxygen atoms in total. The van der Waals surface area contributed by atoms with Crippen LogP contribution in [-0.4, -0.2) is 0 Å². The second-order valence-corrected chi connectivity index (χ2v) is 5.38. The van der Waals surface area contributed by atoms with Gasteiger partial charge in [0.1, 0.15) is 17.7 Å². The summed E-state index contributed by atoms with van der Waals surface area (Å²) in [5.41, 5.74) is 1.75. The van der Waals surface area contributed by atoms with Crippen molar-refractivity contribution in [3.63, 3.8) is 0 Å². The van der Waals surface area contributed by atoms with E-state index in [0.29, 0.717) is 22.3 Å². The fourth-order valence-electron chi connectivity index (χ4n) is 1.94. The van der Waals surface area contributed by atoms with E-state index in [1.54, 1.807) is 23.1 Å². The highest BCUT2D eigenvalue weighted by atomic mass is 35.5. The molecule has 0 aliphatic heterocycles. The molecule has 0 unspecified atom stereocenters. The van der Waals surface area contributed by atoms with Gasteiger partial charge in [-0.2, -0.15) is 10.5 Å². The van der Waals surface area contributed by atoms with Crippen molar-refractivity contribution in [3.8, 4) is 12.1 Å². The molecular formula is C17H11Cl2N3. The fourth-order valence-corrected chi connectivity index (χ4v) is 2.45. The third-order valence-corrected chi connectivity index (χ3v) is 3.34. The van der Waals surface area contributed by atoms with Crippen LogP contribution in [0, 0.1) is 22.7 Å². The van der Waals surface area contributed by atoms with E-state index in [-0.39, 0.29) is 5.57 Å². The van der Waals surface area contributed by atoms with Crippen molar-refractivity contribution in [2.75, 3.05) is 4.90 Å². The Morgan fingerprint density at radius 3 is 2.14 bits per heavy atom. The smallest absolute Gasteiger partial charge is 0.145 e. The zero-order valence-electron chi connectivity index (χ0n) is 11.5. The van der Waals surface area contributed by atoms with Crippen LogP contribution in [0.2, 0.25) is 10.0 Å². The van der Waals surface area contributed by atoms with Gasteiger partial charge in [0.05, 0.1) is 0 Å². The van der Waals surface area contributed by atoms with Crippen LogP contribution in [-0.2, 0) is 6.54 Å². The number of hydrogen-bond donors (Lipinski definition) is 0. The Hall–Kier alpha value is -2.46. The van der Waals surface area contributed by atoms with Gasteiger partial charge in [-0.15, -0.1) is 0 Å². The van der Waals surface area contributed by atoms with Gasteiger partial charge in [0.15, 0.2) is 0 Å². The summed E-state index contributed by atoms with van der Waals surface area (Å²) in [6, 6.07) is 18.5. The normalized spacial score (nSPS) is 9.45. The predicted molar refractivity (Wildman–Crippen MR) is 88.4 cm³/mol. The van der Waals surface area contributed by atoms with Crippen molar-refractivity contribution in [3.05, 3.63) is 75.9 Å². The Morgan fingerprint density at radius 2 is 1.59 bits per heavy atom. The summed E-state index contributed by atoms with van der Waals surface area (Å²) in [5, 5.41) is 18.9. The fraction of sp³-hybridized carbons (Fsp3) is 0.0588. The molecule has 0 bridgehead atoms. The summed E-state index contributed by atoms with van der Waals surface area (Å²) in [4.78, 5) is 1.77. The molecule has 22 heavy (non-hydrogen) atoms. The van der Waals surface area contributed by atoms with Gasteiger partial charge in [-0.25, -0.2) is 0 Å². The van der Waals surface area contributed by atoms with Crippen LogP contribution in [0.1, 0.15) is 5.56 Å². The van der Waals surface area contributed by atoms with Crippen molar-refractivity contribution in [2.45, 2.75) is 6.54 Å². The van der Waals surface area contributed by atoms with Crippen LogP contribution < -0.4 is 4.90 Å². The molecule has 2 rings (SSSR count). The maximum atomic E-state index is 8.98. The minimum atomic E-state index is 0.00651. The summed E-state index contributed by atoms with van der Waals surface area (Å²) in [6.45, 7) is 0.490. The Bertz CT molecular complexity index is 734. The van der Waals surface area contributed by atoms with Crippen molar-refractivity contribution in [2.24, 2.45) is 0 Å². The van der Waals surface area contributed by atoms with Gasteiger partial charge in [0, 0.05) is 28.5 Å². The van der Waals surface area contributed by atoms with Crippen LogP contribution in [0.4, 0.5) is 5.69 Å². The SMILES string of the molecule is N#CC(C#N)=CN(Cc1ccccc1)c1cc(Cl)cc(Cl)c1. The second kappa shape index (κ2) is 7.52. The summed E-state index contributed by atoms with van der Waals surface area (Å²) >= 11 is 12.1. The first kappa shape index (κ1) is 15.9. The number of rotatable bonds is 4. The second-order valence-electron chi connectivity index (χ2n) is 4.51. The Morgan fingerprint density at radius 1 is 1.00 bits per heavy atom. The Balaban J connectivity index is 2.44. The molecule has 0 saturated carbocycles. The molecule has 0 heterocycles. The standard InChI is InChI=1S/C17H11Cl2N3/c18-15-6-16(19)8-17(7-15)22(12-14(9-20)10-21)11-13-4-2-1-3-5-13/h1-8,12H,11H2. The average Bonchev–Trinajstić information content (AvgIpc) is 2.51. The highest BCUT2D eigenvalue weighted by molar-refractivity contribution is 6.35. The van der Waals surface area contributed by atoms with Gasteiger partial charge in [0.25, 0.3) is 0 Å². The average molecular weight is 328 g/mol. The maximum Gasteiger partial charge on any atom is 0.145 e.